The molecule has 5 aromatic rings. The van der Waals surface area contributed by atoms with Gasteiger partial charge in [-0.25, -0.2) is 19.6 Å². The summed E-state index contributed by atoms with van der Waals surface area (Å²) >= 11 is 6.57. The second-order valence-electron chi connectivity index (χ2n) is 10.2. The average Bonchev–Trinajstić information content (AvgIpc) is 3.72. The molecule has 0 aliphatic rings. The van der Waals surface area contributed by atoms with Crippen LogP contribution in [-0.4, -0.2) is 47.5 Å². The highest BCUT2D eigenvalue weighted by atomic mass is 35.5. The largest absolute Gasteiger partial charge is 0.384 e. The van der Waals surface area contributed by atoms with Gasteiger partial charge in [-0.1, -0.05) is 83.9 Å². The van der Waals surface area contributed by atoms with E-state index < -0.39 is 5.91 Å². The molecule has 0 bridgehead atoms. The van der Waals surface area contributed by atoms with Crippen molar-refractivity contribution in [2.45, 2.75) is 60.4 Å². The Balaban J connectivity index is 0.000000736. The van der Waals surface area contributed by atoms with E-state index in [9.17, 15) is 9.59 Å². The number of hydrogen-bond acceptors (Lipinski definition) is 10. The standard InChI is InChI=1S/C25H23ClN8O3.C3H6N2.2C2H6/c1-25(2,3)24-32-23(37-33-24)22(36)28-11-14-6-5-13(9-17(14)26)16-7-8-27-21-19(16)30-20(31-21)15-10-18(35)34(4)29-12-15;1-3(4)5-2;2*1-2/h5-10,12H,11H2,1-4H3,(H,28,36)(H,27,30,31);1-2,4H2;2*1-2H3. The zero-order valence-electron chi connectivity index (χ0n) is 27.5. The van der Waals surface area contributed by atoms with E-state index in [-0.39, 0.29) is 29.2 Å². The summed E-state index contributed by atoms with van der Waals surface area (Å²) in [7, 11) is 1.58. The lowest BCUT2D eigenvalue weighted by molar-refractivity contribution is 0.0907. The number of aromatic nitrogens is 7. The summed E-state index contributed by atoms with van der Waals surface area (Å²) in [4.78, 5) is 44.0. The molecule has 0 unspecified atom stereocenters. The summed E-state index contributed by atoms with van der Waals surface area (Å²) in [6.45, 7) is 20.3. The molecule has 0 aliphatic carbocycles. The maximum atomic E-state index is 12.5. The minimum absolute atomic E-state index is 0.0987. The summed E-state index contributed by atoms with van der Waals surface area (Å²) in [5.74, 6) is 0.635. The fourth-order valence-corrected chi connectivity index (χ4v) is 3.86. The van der Waals surface area contributed by atoms with Crippen LogP contribution in [0.4, 0.5) is 0 Å². The lowest BCUT2D eigenvalue weighted by atomic mass is 9.96. The van der Waals surface area contributed by atoms with E-state index in [0.717, 1.165) is 16.7 Å². The first kappa shape index (κ1) is 37.0. The van der Waals surface area contributed by atoms with Gasteiger partial charge in [0.05, 0.1) is 11.7 Å². The first-order chi connectivity index (χ1) is 21.9. The van der Waals surface area contributed by atoms with Crippen LogP contribution in [0.5, 0.6) is 0 Å². The topological polar surface area (TPSA) is 183 Å². The zero-order valence-corrected chi connectivity index (χ0v) is 28.2. The van der Waals surface area contributed by atoms with E-state index in [2.05, 4.69) is 53.8 Å². The van der Waals surface area contributed by atoms with Gasteiger partial charge in [0.15, 0.2) is 11.5 Å². The molecule has 13 nitrogen and oxygen atoms in total. The number of carbonyl (C=O) groups is 1. The molecule has 0 radical (unpaired) electrons. The van der Waals surface area contributed by atoms with Crippen molar-refractivity contribution in [3.63, 3.8) is 0 Å². The summed E-state index contributed by atoms with van der Waals surface area (Å²) in [6, 6.07) is 8.85. The number of benzene rings is 1. The minimum atomic E-state index is -0.478. The molecule has 0 aliphatic heterocycles. The van der Waals surface area contributed by atoms with Gasteiger partial charge in [-0.05, 0) is 30.0 Å². The normalized spacial score (nSPS) is 10.4. The summed E-state index contributed by atoms with van der Waals surface area (Å²) in [6.07, 6.45) is 3.22. The molecule has 0 spiro atoms. The Morgan fingerprint density at radius 1 is 1.13 bits per heavy atom. The number of aromatic amines is 1. The molecule has 0 atom stereocenters. The van der Waals surface area contributed by atoms with Crippen molar-refractivity contribution >= 4 is 35.4 Å². The molecule has 1 aromatic carbocycles. The predicted molar refractivity (Wildman–Crippen MR) is 183 cm³/mol. The highest BCUT2D eigenvalue weighted by Crippen LogP contribution is 2.31. The van der Waals surface area contributed by atoms with Crippen LogP contribution in [0.15, 0.2) is 69.4 Å². The Bertz CT molecular complexity index is 1850. The van der Waals surface area contributed by atoms with Crippen LogP contribution >= 0.6 is 11.6 Å². The molecule has 0 fully saturated rings. The van der Waals surface area contributed by atoms with Crippen molar-refractivity contribution in [3.8, 4) is 22.5 Å². The quantitative estimate of drug-likeness (QED) is 0.191. The second-order valence-corrected chi connectivity index (χ2v) is 10.6. The van der Waals surface area contributed by atoms with Crippen molar-refractivity contribution in [3.05, 3.63) is 87.8 Å². The third kappa shape index (κ3) is 9.41. The molecule has 5 rings (SSSR count). The summed E-state index contributed by atoms with van der Waals surface area (Å²) < 4.78 is 6.33. The smallest absolute Gasteiger partial charge is 0.315 e. The van der Waals surface area contributed by atoms with Crippen molar-refractivity contribution < 1.29 is 9.32 Å². The maximum Gasteiger partial charge on any atom is 0.315 e. The van der Waals surface area contributed by atoms with Gasteiger partial charge in [0.2, 0.25) is 0 Å². The van der Waals surface area contributed by atoms with E-state index in [4.69, 9.17) is 21.9 Å². The van der Waals surface area contributed by atoms with Crippen molar-refractivity contribution in [1.82, 2.24) is 40.2 Å². The minimum Gasteiger partial charge on any atom is -0.384 e. The number of aliphatic imine (C=N–C) groups is 1. The zero-order chi connectivity index (χ0) is 34.6. The fraction of sp³-hybridized carbons (Fsp3) is 0.312. The van der Waals surface area contributed by atoms with Gasteiger partial charge in [0, 0.05) is 47.4 Å². The van der Waals surface area contributed by atoms with E-state index in [1.54, 1.807) is 19.4 Å². The number of nitrogens with zero attached hydrogens (tertiary/aromatic N) is 7. The summed E-state index contributed by atoms with van der Waals surface area (Å²) in [5.41, 5.74) is 8.43. The average molecular weight is 649 g/mol. The van der Waals surface area contributed by atoms with Crippen LogP contribution in [0.2, 0.25) is 5.02 Å². The van der Waals surface area contributed by atoms with Gasteiger partial charge in [-0.3, -0.25) is 9.59 Å². The van der Waals surface area contributed by atoms with Crippen LogP contribution in [0.3, 0.4) is 0 Å². The lowest BCUT2D eigenvalue weighted by Crippen LogP contribution is -2.23. The predicted octanol–water partition coefficient (Wildman–Crippen LogP) is 5.82. The van der Waals surface area contributed by atoms with E-state index in [0.29, 0.717) is 33.4 Å². The van der Waals surface area contributed by atoms with Gasteiger partial charge < -0.3 is 20.6 Å². The highest BCUT2D eigenvalue weighted by molar-refractivity contribution is 6.31. The van der Waals surface area contributed by atoms with E-state index in [1.807, 2.05) is 72.7 Å². The third-order valence-electron chi connectivity index (χ3n) is 5.93. The number of hydrogen-bond donors (Lipinski definition) is 3. The lowest BCUT2D eigenvalue weighted by Gasteiger charge is -2.11. The van der Waals surface area contributed by atoms with Crippen LogP contribution in [0, 0.1) is 0 Å². The third-order valence-corrected chi connectivity index (χ3v) is 6.28. The van der Waals surface area contributed by atoms with Gasteiger partial charge in [-0.15, -0.1) is 0 Å². The fourth-order valence-electron chi connectivity index (χ4n) is 3.62. The Kier molecular flexibility index (Phi) is 13.5. The number of imidazole rings is 1. The molecule has 244 valence electrons. The number of fused-ring (bicyclic) bond motifs is 1. The van der Waals surface area contributed by atoms with E-state index in [1.165, 1.54) is 10.7 Å². The van der Waals surface area contributed by atoms with Gasteiger partial charge in [0.25, 0.3) is 5.56 Å². The van der Waals surface area contributed by atoms with Crippen LogP contribution in [-0.2, 0) is 19.0 Å². The van der Waals surface area contributed by atoms with Crippen LogP contribution in [0.1, 0.15) is 70.5 Å². The molecule has 46 heavy (non-hydrogen) atoms. The Hall–Kier alpha value is -5.17. The van der Waals surface area contributed by atoms with Crippen molar-refractivity contribution in [2.75, 3.05) is 0 Å². The highest BCUT2D eigenvalue weighted by Gasteiger charge is 2.24. The molecule has 14 heteroatoms. The number of pyridine rings is 1. The number of H-pyrrole nitrogens is 1. The van der Waals surface area contributed by atoms with Gasteiger partial charge in [0.1, 0.15) is 11.6 Å². The molecule has 4 N–H and O–H groups in total. The molecule has 0 saturated heterocycles. The van der Waals surface area contributed by atoms with Crippen molar-refractivity contribution in [1.29, 1.82) is 0 Å². The Morgan fingerprint density at radius 2 is 1.80 bits per heavy atom. The molecule has 0 saturated carbocycles. The molecule has 4 heterocycles. The summed E-state index contributed by atoms with van der Waals surface area (Å²) in [5, 5.41) is 11.2. The number of nitrogens with two attached hydrogens (primary N) is 1. The first-order valence-corrected chi connectivity index (χ1v) is 15.0. The molecular weight excluding hydrogens is 608 g/mol. The Morgan fingerprint density at radius 3 is 2.37 bits per heavy atom. The number of nitrogens with one attached hydrogen (secondary N) is 2. The number of carbonyl (C=O) groups excluding carboxylic acids is 1. The number of aryl methyl sites for hydroxylation is 1. The SMILES string of the molecule is C=NC(=C)N.CC.CC.Cn1ncc(-c2nc3nccc(-c4ccc(CNC(=O)c5nc(C(C)(C)C)no5)c(Cl)c4)c3[nH]2)cc1=O. The number of halogens is 1. The van der Waals surface area contributed by atoms with Crippen molar-refractivity contribution in [2.24, 2.45) is 17.8 Å². The van der Waals surface area contributed by atoms with E-state index >= 15 is 0 Å². The molecule has 4 aromatic heterocycles. The second kappa shape index (κ2) is 16.8. The van der Waals surface area contributed by atoms with Crippen LogP contribution < -0.4 is 16.6 Å². The monoisotopic (exact) mass is 648 g/mol. The Labute approximate surface area is 273 Å². The number of rotatable bonds is 6. The molecular formula is C32H41ClN10O3. The first-order valence-electron chi connectivity index (χ1n) is 14.6. The van der Waals surface area contributed by atoms with Crippen LogP contribution in [0.25, 0.3) is 33.7 Å². The van der Waals surface area contributed by atoms with Gasteiger partial charge in [-0.2, -0.15) is 10.1 Å². The molecule has 1 amide bonds. The maximum absolute atomic E-state index is 12.5. The van der Waals surface area contributed by atoms with Gasteiger partial charge >= 0.3 is 11.8 Å². The number of amides is 1.